The van der Waals surface area contributed by atoms with E-state index in [4.69, 9.17) is 5.73 Å². The van der Waals surface area contributed by atoms with Gasteiger partial charge in [0.1, 0.15) is 5.69 Å². The summed E-state index contributed by atoms with van der Waals surface area (Å²) < 4.78 is 40.1. The topological polar surface area (TPSA) is 56.7 Å². The van der Waals surface area contributed by atoms with Crippen LogP contribution in [0, 0.1) is 6.92 Å². The third kappa shape index (κ3) is 2.85. The Balaban J connectivity index is 2.56. The number of hydrogen-bond acceptors (Lipinski definition) is 3. The highest BCUT2D eigenvalue weighted by Crippen LogP contribution is 2.33. The van der Waals surface area contributed by atoms with Crippen molar-refractivity contribution in [3.05, 3.63) is 39.6 Å². The maximum Gasteiger partial charge on any atom is 0.416 e. The van der Waals surface area contributed by atoms with Crippen LogP contribution in [0.2, 0.25) is 0 Å². The van der Waals surface area contributed by atoms with Gasteiger partial charge in [0.2, 0.25) is 0 Å². The molecule has 0 fully saturated rings. The Morgan fingerprint density at radius 2 is 1.95 bits per heavy atom. The molecule has 2 rings (SSSR count). The fourth-order valence-corrected chi connectivity index (χ4v) is 2.35. The summed E-state index contributed by atoms with van der Waals surface area (Å²) in [6.07, 6.45) is -4.42. The molecule has 1 aromatic heterocycles. The summed E-state index contributed by atoms with van der Waals surface area (Å²) in [5, 5.41) is 7.77. The van der Waals surface area contributed by atoms with Gasteiger partial charge in [-0.3, -0.25) is 0 Å². The Labute approximate surface area is 121 Å². The zero-order chi connectivity index (χ0) is 15.1. The zero-order valence-corrected chi connectivity index (χ0v) is 12.3. The van der Waals surface area contributed by atoms with E-state index >= 15 is 0 Å². The predicted octanol–water partition coefficient (Wildman–Crippen LogP) is 3.38. The van der Waals surface area contributed by atoms with Crippen molar-refractivity contribution in [3.8, 4) is 5.69 Å². The van der Waals surface area contributed by atoms with Gasteiger partial charge in [0, 0.05) is 10.5 Å². The first kappa shape index (κ1) is 15.0. The van der Waals surface area contributed by atoms with Crippen LogP contribution in [0.3, 0.4) is 0 Å². The summed E-state index contributed by atoms with van der Waals surface area (Å²) in [6, 6.07) is 3.25. The van der Waals surface area contributed by atoms with E-state index in [9.17, 15) is 13.2 Å². The average molecular weight is 349 g/mol. The molecule has 0 bridgehead atoms. The van der Waals surface area contributed by atoms with Gasteiger partial charge in [-0.1, -0.05) is 21.1 Å². The van der Waals surface area contributed by atoms with Gasteiger partial charge in [0.15, 0.2) is 0 Å². The standard InChI is InChI=1S/C12H12BrF3N4/c1-6(17)11-7(2)20(19-18-11)10-4-8(12(14,15)16)3-9(13)5-10/h3-6H,17H2,1-2H3. The van der Waals surface area contributed by atoms with Crippen molar-refractivity contribution in [2.75, 3.05) is 0 Å². The molecule has 0 saturated carbocycles. The molecule has 8 heteroatoms. The molecule has 1 unspecified atom stereocenters. The molecule has 108 valence electrons. The Kier molecular flexibility index (Phi) is 3.88. The van der Waals surface area contributed by atoms with E-state index in [1.807, 2.05) is 0 Å². The molecule has 0 radical (unpaired) electrons. The maximum atomic E-state index is 12.8. The molecule has 0 aliphatic rings. The van der Waals surface area contributed by atoms with Crippen LogP contribution < -0.4 is 5.73 Å². The van der Waals surface area contributed by atoms with E-state index in [0.717, 1.165) is 12.1 Å². The van der Waals surface area contributed by atoms with Crippen LogP contribution in [0.1, 0.15) is 29.9 Å². The minimum absolute atomic E-state index is 0.281. The maximum absolute atomic E-state index is 12.8. The lowest BCUT2D eigenvalue weighted by Gasteiger charge is -2.11. The molecular weight excluding hydrogens is 337 g/mol. The number of nitrogens with two attached hydrogens (primary N) is 1. The third-order valence-electron chi connectivity index (χ3n) is 2.82. The highest BCUT2D eigenvalue weighted by molar-refractivity contribution is 9.10. The van der Waals surface area contributed by atoms with Gasteiger partial charge in [-0.25, -0.2) is 4.68 Å². The molecule has 4 nitrogen and oxygen atoms in total. The minimum Gasteiger partial charge on any atom is -0.323 e. The molecule has 1 heterocycles. The van der Waals surface area contributed by atoms with Crippen molar-refractivity contribution in [2.24, 2.45) is 5.73 Å². The van der Waals surface area contributed by atoms with Gasteiger partial charge in [0.25, 0.3) is 0 Å². The summed E-state index contributed by atoms with van der Waals surface area (Å²) in [4.78, 5) is 0. The normalized spacial score (nSPS) is 13.6. The molecule has 2 aromatic rings. The van der Waals surface area contributed by atoms with Crippen LogP contribution in [0.5, 0.6) is 0 Å². The molecular formula is C12H12BrF3N4. The van der Waals surface area contributed by atoms with E-state index in [-0.39, 0.29) is 11.7 Å². The number of halogens is 4. The van der Waals surface area contributed by atoms with E-state index in [2.05, 4.69) is 26.2 Å². The SMILES string of the molecule is Cc1c(C(C)N)nnn1-c1cc(Br)cc(C(F)(F)F)c1. The van der Waals surface area contributed by atoms with E-state index < -0.39 is 11.7 Å². The van der Waals surface area contributed by atoms with E-state index in [1.165, 1.54) is 4.68 Å². The van der Waals surface area contributed by atoms with Crippen LogP contribution in [-0.2, 0) is 6.18 Å². The average Bonchev–Trinajstić information content (AvgIpc) is 2.69. The number of hydrogen-bond donors (Lipinski definition) is 1. The van der Waals surface area contributed by atoms with Gasteiger partial charge in [-0.2, -0.15) is 13.2 Å². The lowest BCUT2D eigenvalue weighted by Crippen LogP contribution is -2.09. The van der Waals surface area contributed by atoms with Crippen LogP contribution in [0.25, 0.3) is 5.69 Å². The first-order valence-electron chi connectivity index (χ1n) is 5.76. The zero-order valence-electron chi connectivity index (χ0n) is 10.7. The van der Waals surface area contributed by atoms with E-state index in [0.29, 0.717) is 15.9 Å². The molecule has 0 spiro atoms. The number of rotatable bonds is 2. The molecule has 0 aliphatic heterocycles. The summed E-state index contributed by atoms with van der Waals surface area (Å²) in [5.74, 6) is 0. The van der Waals surface area contributed by atoms with Crippen LogP contribution >= 0.6 is 15.9 Å². The molecule has 0 aliphatic carbocycles. The molecule has 0 amide bonds. The molecule has 2 N–H and O–H groups in total. The van der Waals surface area contributed by atoms with Gasteiger partial charge in [-0.15, -0.1) is 5.10 Å². The Hall–Kier alpha value is -1.41. The first-order chi connectivity index (χ1) is 9.20. The summed E-state index contributed by atoms with van der Waals surface area (Å²) in [6.45, 7) is 3.45. The molecule has 0 saturated heterocycles. The summed E-state index contributed by atoms with van der Waals surface area (Å²) >= 11 is 3.08. The lowest BCUT2D eigenvalue weighted by atomic mass is 10.2. The number of alkyl halides is 3. The smallest absolute Gasteiger partial charge is 0.323 e. The van der Waals surface area contributed by atoms with Gasteiger partial charge < -0.3 is 5.73 Å². The van der Waals surface area contributed by atoms with Crippen LogP contribution in [0.4, 0.5) is 13.2 Å². The van der Waals surface area contributed by atoms with Crippen molar-refractivity contribution in [1.82, 2.24) is 15.0 Å². The Morgan fingerprint density at radius 3 is 2.45 bits per heavy atom. The monoisotopic (exact) mass is 348 g/mol. The number of nitrogens with zero attached hydrogens (tertiary/aromatic N) is 3. The van der Waals surface area contributed by atoms with Crippen molar-refractivity contribution in [3.63, 3.8) is 0 Å². The molecule has 1 aromatic carbocycles. The quantitative estimate of drug-likeness (QED) is 0.904. The Morgan fingerprint density at radius 1 is 1.30 bits per heavy atom. The molecule has 1 atom stereocenters. The van der Waals surface area contributed by atoms with Crippen molar-refractivity contribution >= 4 is 15.9 Å². The fourth-order valence-electron chi connectivity index (χ4n) is 1.87. The van der Waals surface area contributed by atoms with Crippen molar-refractivity contribution < 1.29 is 13.2 Å². The third-order valence-corrected chi connectivity index (χ3v) is 3.27. The lowest BCUT2D eigenvalue weighted by molar-refractivity contribution is -0.137. The number of benzene rings is 1. The first-order valence-corrected chi connectivity index (χ1v) is 6.55. The summed E-state index contributed by atoms with van der Waals surface area (Å²) in [7, 11) is 0. The predicted molar refractivity (Wildman–Crippen MR) is 71.4 cm³/mol. The highest BCUT2D eigenvalue weighted by Gasteiger charge is 2.31. The van der Waals surface area contributed by atoms with Crippen LogP contribution in [-0.4, -0.2) is 15.0 Å². The van der Waals surface area contributed by atoms with Gasteiger partial charge in [0.05, 0.1) is 16.9 Å². The summed E-state index contributed by atoms with van der Waals surface area (Å²) in [5.41, 5.74) is 6.43. The second-order valence-corrected chi connectivity index (χ2v) is 5.37. The fraction of sp³-hybridized carbons (Fsp3) is 0.333. The van der Waals surface area contributed by atoms with Gasteiger partial charge >= 0.3 is 6.18 Å². The van der Waals surface area contributed by atoms with Crippen LogP contribution in [0.15, 0.2) is 22.7 Å². The van der Waals surface area contributed by atoms with Crippen molar-refractivity contribution in [1.29, 1.82) is 0 Å². The second kappa shape index (κ2) is 5.17. The highest BCUT2D eigenvalue weighted by atomic mass is 79.9. The van der Waals surface area contributed by atoms with Gasteiger partial charge in [-0.05, 0) is 32.0 Å². The second-order valence-electron chi connectivity index (χ2n) is 4.46. The molecule has 20 heavy (non-hydrogen) atoms. The number of aromatic nitrogens is 3. The Bertz CT molecular complexity index is 634. The van der Waals surface area contributed by atoms with E-state index in [1.54, 1.807) is 19.9 Å². The van der Waals surface area contributed by atoms with Crippen molar-refractivity contribution in [2.45, 2.75) is 26.1 Å². The largest absolute Gasteiger partial charge is 0.416 e. The minimum atomic E-state index is -4.42.